The van der Waals surface area contributed by atoms with Crippen molar-refractivity contribution >= 4 is 17.2 Å². The number of hydrogen-bond donors (Lipinski definition) is 1. The Labute approximate surface area is 144 Å². The van der Waals surface area contributed by atoms with E-state index in [0.29, 0.717) is 17.2 Å². The molecule has 0 saturated heterocycles. The van der Waals surface area contributed by atoms with E-state index < -0.39 is 0 Å². The Morgan fingerprint density at radius 3 is 2.75 bits per heavy atom. The quantitative estimate of drug-likeness (QED) is 0.742. The molecule has 0 aliphatic carbocycles. The Morgan fingerprint density at radius 1 is 1.25 bits per heavy atom. The van der Waals surface area contributed by atoms with Crippen LogP contribution in [-0.2, 0) is 0 Å². The summed E-state index contributed by atoms with van der Waals surface area (Å²) in [5.74, 6) is 6.07. The zero-order valence-corrected chi connectivity index (χ0v) is 13.9. The lowest BCUT2D eigenvalue weighted by Gasteiger charge is -2.32. The number of halogens is 1. The minimum absolute atomic E-state index is 0.00764. The summed E-state index contributed by atoms with van der Waals surface area (Å²) in [6.45, 7) is 2.79. The predicted octanol–water partition coefficient (Wildman–Crippen LogP) is 3.03. The normalized spacial score (nSPS) is 16.2. The minimum Gasteiger partial charge on any atom is -0.293 e. The van der Waals surface area contributed by atoms with Crippen molar-refractivity contribution in [3.05, 3.63) is 65.6 Å². The van der Waals surface area contributed by atoms with Gasteiger partial charge >= 0.3 is 0 Å². The van der Waals surface area contributed by atoms with Gasteiger partial charge < -0.3 is 0 Å². The molecule has 2 N–H and O–H groups in total. The molecule has 4 rings (SSSR count). The fraction of sp³-hybridized carbons (Fsp3) is 0.176. The van der Waals surface area contributed by atoms with Gasteiger partial charge in [0.2, 0.25) is 0 Å². The molecule has 0 spiro atoms. The van der Waals surface area contributed by atoms with Gasteiger partial charge in [-0.1, -0.05) is 41.9 Å². The zero-order valence-electron chi connectivity index (χ0n) is 13.2. The zero-order chi connectivity index (χ0) is 16.7. The highest BCUT2D eigenvalue weighted by molar-refractivity contribution is 6.33. The number of fused-ring (bicyclic) bond motifs is 1. The van der Waals surface area contributed by atoms with Crippen molar-refractivity contribution in [2.75, 3.05) is 6.54 Å². The Morgan fingerprint density at radius 2 is 2.04 bits per heavy atom. The van der Waals surface area contributed by atoms with Crippen LogP contribution in [0.25, 0.3) is 16.9 Å². The fourth-order valence-electron chi connectivity index (χ4n) is 3.13. The molecule has 7 heteroatoms. The molecule has 122 valence electrons. The highest BCUT2D eigenvalue weighted by atomic mass is 35.5. The molecule has 1 aromatic carbocycles. The van der Waals surface area contributed by atoms with Crippen LogP contribution in [0, 0.1) is 0 Å². The van der Waals surface area contributed by atoms with Crippen molar-refractivity contribution in [2.45, 2.75) is 13.0 Å². The number of rotatable bonds is 3. The summed E-state index contributed by atoms with van der Waals surface area (Å²) in [7, 11) is 0. The molecule has 2 aromatic heterocycles. The average molecular weight is 341 g/mol. The highest BCUT2D eigenvalue weighted by Gasteiger charge is 2.25. The molecule has 1 atom stereocenters. The minimum atomic E-state index is 0.00764. The second-order valence-electron chi connectivity index (χ2n) is 5.75. The van der Waals surface area contributed by atoms with Gasteiger partial charge in [-0.2, -0.15) is 5.12 Å². The van der Waals surface area contributed by atoms with Crippen LogP contribution in [0.4, 0.5) is 0 Å². The first-order valence-corrected chi connectivity index (χ1v) is 8.09. The van der Waals surface area contributed by atoms with Crippen LogP contribution in [0.15, 0.2) is 55.0 Å². The first-order valence-electron chi connectivity index (χ1n) is 7.71. The molecule has 0 amide bonds. The lowest BCUT2D eigenvalue weighted by molar-refractivity contribution is 0.0158. The maximum absolute atomic E-state index is 6.45. The lowest BCUT2D eigenvalue weighted by atomic mass is 10.00. The molecule has 0 bridgehead atoms. The van der Waals surface area contributed by atoms with Gasteiger partial charge in [0, 0.05) is 11.8 Å². The maximum Gasteiger partial charge on any atom is 0.179 e. The number of hydrazine groups is 2. The van der Waals surface area contributed by atoms with Crippen molar-refractivity contribution in [2.24, 2.45) is 5.84 Å². The van der Waals surface area contributed by atoms with E-state index in [1.165, 1.54) is 0 Å². The molecule has 3 heterocycles. The molecule has 1 aliphatic rings. The topological polar surface area (TPSA) is 62.7 Å². The highest BCUT2D eigenvalue weighted by Crippen LogP contribution is 2.35. The van der Waals surface area contributed by atoms with Gasteiger partial charge in [-0.25, -0.2) is 0 Å². The van der Waals surface area contributed by atoms with E-state index in [0.717, 1.165) is 16.8 Å². The predicted molar refractivity (Wildman–Crippen MR) is 93.7 cm³/mol. The number of pyridine rings is 1. The molecule has 3 aromatic rings. The summed E-state index contributed by atoms with van der Waals surface area (Å²) >= 11 is 6.45. The third-order valence-corrected chi connectivity index (χ3v) is 4.58. The Hall–Kier alpha value is -2.41. The first-order chi connectivity index (χ1) is 11.7. The standard InChI is InChI=1S/C17H17ClN6/c1-12(23-8-5-9-24(23)19)14-10-15(18)17-21-20-11-22(17)16(14)13-6-3-2-4-7-13/h2-8,10-12H,9,19H2,1H3. The van der Waals surface area contributed by atoms with Gasteiger partial charge in [0.1, 0.15) is 6.33 Å². The van der Waals surface area contributed by atoms with Crippen molar-refractivity contribution < 1.29 is 0 Å². The largest absolute Gasteiger partial charge is 0.293 e. The van der Waals surface area contributed by atoms with Crippen LogP contribution < -0.4 is 5.84 Å². The van der Waals surface area contributed by atoms with E-state index >= 15 is 0 Å². The lowest BCUT2D eigenvalue weighted by Crippen LogP contribution is -2.42. The molecule has 1 unspecified atom stereocenters. The Kier molecular flexibility index (Phi) is 3.72. The SMILES string of the molecule is CC(c1cc(Cl)c2nncn2c1-c1ccccc1)N1C=CCN1N. The molecular weight excluding hydrogens is 324 g/mol. The van der Waals surface area contributed by atoms with Crippen LogP contribution in [0.3, 0.4) is 0 Å². The van der Waals surface area contributed by atoms with Gasteiger partial charge in [0.15, 0.2) is 5.65 Å². The second kappa shape index (κ2) is 5.90. The number of nitrogens with zero attached hydrogens (tertiary/aromatic N) is 5. The molecule has 24 heavy (non-hydrogen) atoms. The molecule has 0 fully saturated rings. The summed E-state index contributed by atoms with van der Waals surface area (Å²) in [5, 5.41) is 12.4. The Balaban J connectivity index is 1.96. The number of hydrogen-bond acceptors (Lipinski definition) is 5. The van der Waals surface area contributed by atoms with Gasteiger partial charge in [-0.05, 0) is 24.6 Å². The number of benzene rings is 1. The van der Waals surface area contributed by atoms with Crippen LogP contribution >= 0.6 is 11.6 Å². The molecule has 0 radical (unpaired) electrons. The van der Waals surface area contributed by atoms with Gasteiger partial charge in [-0.3, -0.25) is 15.3 Å². The van der Waals surface area contributed by atoms with E-state index in [9.17, 15) is 0 Å². The van der Waals surface area contributed by atoms with E-state index in [-0.39, 0.29) is 6.04 Å². The smallest absolute Gasteiger partial charge is 0.179 e. The van der Waals surface area contributed by atoms with Crippen LogP contribution in [0.1, 0.15) is 18.5 Å². The van der Waals surface area contributed by atoms with Crippen LogP contribution in [0.5, 0.6) is 0 Å². The number of aromatic nitrogens is 3. The summed E-state index contributed by atoms with van der Waals surface area (Å²) in [4.78, 5) is 0. The maximum atomic E-state index is 6.45. The Bertz CT molecular complexity index is 904. The van der Waals surface area contributed by atoms with Crippen LogP contribution in [-0.4, -0.2) is 31.3 Å². The average Bonchev–Trinajstić information content (AvgIpc) is 3.24. The third-order valence-electron chi connectivity index (χ3n) is 4.30. The summed E-state index contributed by atoms with van der Waals surface area (Å²) < 4.78 is 1.93. The summed E-state index contributed by atoms with van der Waals surface area (Å²) in [6.07, 6.45) is 5.71. The van der Waals surface area contributed by atoms with Gasteiger partial charge in [0.05, 0.1) is 23.3 Å². The van der Waals surface area contributed by atoms with Crippen molar-refractivity contribution in [1.29, 1.82) is 0 Å². The van der Waals surface area contributed by atoms with E-state index in [4.69, 9.17) is 17.4 Å². The van der Waals surface area contributed by atoms with Gasteiger partial charge in [0.25, 0.3) is 0 Å². The van der Waals surface area contributed by atoms with E-state index in [2.05, 4.69) is 29.3 Å². The van der Waals surface area contributed by atoms with Crippen molar-refractivity contribution in [3.8, 4) is 11.3 Å². The monoisotopic (exact) mass is 340 g/mol. The second-order valence-corrected chi connectivity index (χ2v) is 6.16. The van der Waals surface area contributed by atoms with Gasteiger partial charge in [-0.15, -0.1) is 10.2 Å². The van der Waals surface area contributed by atoms with E-state index in [1.54, 1.807) is 11.4 Å². The molecule has 0 saturated carbocycles. The molecule has 6 nitrogen and oxygen atoms in total. The number of nitrogens with two attached hydrogens (primary N) is 1. The molecule has 1 aliphatic heterocycles. The van der Waals surface area contributed by atoms with Crippen molar-refractivity contribution in [3.63, 3.8) is 0 Å². The molecular formula is C17H17ClN6. The first kappa shape index (κ1) is 15.1. The van der Waals surface area contributed by atoms with E-state index in [1.807, 2.05) is 46.0 Å². The van der Waals surface area contributed by atoms with Crippen LogP contribution in [0.2, 0.25) is 5.02 Å². The fourth-order valence-corrected chi connectivity index (χ4v) is 3.37. The van der Waals surface area contributed by atoms with Crippen molar-refractivity contribution in [1.82, 2.24) is 24.7 Å². The third kappa shape index (κ3) is 2.36. The summed E-state index contributed by atoms with van der Waals surface area (Å²) in [5.41, 5.74) is 3.79. The summed E-state index contributed by atoms with van der Waals surface area (Å²) in [6, 6.07) is 12.1.